The number of halogens is 4. The lowest BCUT2D eigenvalue weighted by atomic mass is 9.96. The third-order valence-corrected chi connectivity index (χ3v) is 6.39. The Morgan fingerprint density at radius 1 is 1.28 bits per heavy atom. The van der Waals surface area contributed by atoms with E-state index in [1.807, 2.05) is 6.92 Å². The maximum atomic E-state index is 12.6. The molecule has 3 aromatic rings. The van der Waals surface area contributed by atoms with E-state index in [0.717, 1.165) is 18.9 Å². The third-order valence-electron chi connectivity index (χ3n) is 6.08. The van der Waals surface area contributed by atoms with Crippen LogP contribution < -0.4 is 15.0 Å². The van der Waals surface area contributed by atoms with Crippen LogP contribution >= 0.6 is 11.6 Å². The second kappa shape index (κ2) is 8.80. The van der Waals surface area contributed by atoms with Crippen LogP contribution in [0.4, 0.5) is 29.7 Å². The predicted octanol–water partition coefficient (Wildman–Crippen LogP) is 5.38. The molecule has 14 heteroatoms. The van der Waals surface area contributed by atoms with Gasteiger partial charge in [0.2, 0.25) is 17.7 Å². The van der Waals surface area contributed by atoms with Gasteiger partial charge >= 0.3 is 12.5 Å². The van der Waals surface area contributed by atoms with Crippen LogP contribution in [0.3, 0.4) is 0 Å². The zero-order valence-electron chi connectivity index (χ0n) is 19.0. The molecular weight excluding hydrogens is 505 g/mol. The van der Waals surface area contributed by atoms with E-state index in [9.17, 15) is 18.0 Å². The average Bonchev–Trinajstić information content (AvgIpc) is 3.48. The number of hydrogen-bond donors (Lipinski definition) is 1. The first-order chi connectivity index (χ1) is 17.0. The molecule has 5 rings (SSSR count). The largest absolute Gasteiger partial charge is 0.573 e. The Morgan fingerprint density at radius 3 is 2.78 bits per heavy atom. The van der Waals surface area contributed by atoms with Crippen molar-refractivity contribution in [3.05, 3.63) is 41.4 Å². The minimum Gasteiger partial charge on any atom is -0.447 e. The van der Waals surface area contributed by atoms with Crippen LogP contribution in [-0.4, -0.2) is 44.7 Å². The van der Waals surface area contributed by atoms with Gasteiger partial charge in [0, 0.05) is 11.8 Å². The van der Waals surface area contributed by atoms with Crippen molar-refractivity contribution in [3.63, 3.8) is 0 Å². The molecular formula is C22H20ClF3N6O4. The number of ether oxygens (including phenoxy) is 2. The van der Waals surface area contributed by atoms with E-state index in [-0.39, 0.29) is 28.2 Å². The van der Waals surface area contributed by atoms with Crippen LogP contribution in [0.5, 0.6) is 5.75 Å². The van der Waals surface area contributed by atoms with Gasteiger partial charge in [-0.3, -0.25) is 4.90 Å². The molecule has 190 valence electrons. The summed E-state index contributed by atoms with van der Waals surface area (Å²) in [5.41, 5.74) is -0.255. The summed E-state index contributed by atoms with van der Waals surface area (Å²) in [5, 5.41) is 6.65. The molecule has 1 aliphatic carbocycles. The Labute approximate surface area is 207 Å². The SMILES string of the molecule is C[C@@H](Nc1nccc(N2C(=O)OC[C@]2(C)C2CC2)n1)c1nc(-c2ccc(Cl)c(OC(F)(F)F)c2)no1. The van der Waals surface area contributed by atoms with Gasteiger partial charge in [-0.05, 0) is 56.9 Å². The first-order valence-corrected chi connectivity index (χ1v) is 11.4. The number of carbonyl (C=O) groups is 1. The Balaban J connectivity index is 1.33. The third kappa shape index (κ3) is 4.74. The number of hydrogen-bond acceptors (Lipinski definition) is 9. The second-order valence-electron chi connectivity index (χ2n) is 8.78. The Hall–Kier alpha value is -3.61. The molecule has 3 heterocycles. The molecule has 2 aliphatic rings. The summed E-state index contributed by atoms with van der Waals surface area (Å²) < 4.78 is 52.4. The monoisotopic (exact) mass is 524 g/mol. The molecule has 0 bridgehead atoms. The Morgan fingerprint density at radius 2 is 2.06 bits per heavy atom. The van der Waals surface area contributed by atoms with Gasteiger partial charge in [0.25, 0.3) is 0 Å². The predicted molar refractivity (Wildman–Crippen MR) is 120 cm³/mol. The molecule has 10 nitrogen and oxygen atoms in total. The summed E-state index contributed by atoms with van der Waals surface area (Å²) >= 11 is 5.80. The summed E-state index contributed by atoms with van der Waals surface area (Å²) in [6.45, 7) is 3.99. The van der Waals surface area contributed by atoms with Gasteiger partial charge in [0.15, 0.2) is 0 Å². The first-order valence-electron chi connectivity index (χ1n) is 11.0. The second-order valence-corrected chi connectivity index (χ2v) is 9.18. The maximum absolute atomic E-state index is 12.6. The highest BCUT2D eigenvalue weighted by Crippen LogP contribution is 2.47. The number of nitrogens with one attached hydrogen (secondary N) is 1. The zero-order chi connectivity index (χ0) is 25.7. The quantitative estimate of drug-likeness (QED) is 0.435. The van der Waals surface area contributed by atoms with Crippen LogP contribution in [0.15, 0.2) is 35.0 Å². The lowest BCUT2D eigenvalue weighted by Crippen LogP contribution is -2.47. The molecule has 2 atom stereocenters. The zero-order valence-corrected chi connectivity index (χ0v) is 19.8. The molecule has 1 saturated carbocycles. The van der Waals surface area contributed by atoms with Crippen LogP contribution in [-0.2, 0) is 4.74 Å². The van der Waals surface area contributed by atoms with Gasteiger partial charge in [0.1, 0.15) is 24.2 Å². The fourth-order valence-corrected chi connectivity index (χ4v) is 4.23. The van der Waals surface area contributed by atoms with Crippen LogP contribution in [0, 0.1) is 5.92 Å². The van der Waals surface area contributed by atoms with Crippen molar-refractivity contribution in [2.45, 2.75) is 44.6 Å². The topological polar surface area (TPSA) is 116 Å². The summed E-state index contributed by atoms with van der Waals surface area (Å²) in [6.07, 6.45) is -1.80. The number of anilines is 2. The van der Waals surface area contributed by atoms with Crippen molar-refractivity contribution < 1.29 is 32.0 Å². The molecule has 0 radical (unpaired) electrons. The lowest BCUT2D eigenvalue weighted by molar-refractivity contribution is -0.274. The van der Waals surface area contributed by atoms with E-state index >= 15 is 0 Å². The number of aromatic nitrogens is 4. The van der Waals surface area contributed by atoms with Crippen molar-refractivity contribution in [3.8, 4) is 17.1 Å². The normalized spacial score (nSPS) is 20.8. The highest BCUT2D eigenvalue weighted by molar-refractivity contribution is 6.32. The van der Waals surface area contributed by atoms with Crippen molar-refractivity contribution in [2.24, 2.45) is 5.92 Å². The fourth-order valence-electron chi connectivity index (χ4n) is 4.08. The number of carbonyl (C=O) groups excluding carboxylic acids is 1. The van der Waals surface area contributed by atoms with Crippen molar-refractivity contribution in [1.82, 2.24) is 20.1 Å². The molecule has 1 amide bonds. The number of nitrogens with zero attached hydrogens (tertiary/aromatic N) is 5. The van der Waals surface area contributed by atoms with Gasteiger partial charge in [-0.15, -0.1) is 13.2 Å². The molecule has 2 aromatic heterocycles. The van der Waals surface area contributed by atoms with Crippen molar-refractivity contribution in [2.75, 3.05) is 16.8 Å². The van der Waals surface area contributed by atoms with Gasteiger partial charge in [-0.2, -0.15) is 9.97 Å². The van der Waals surface area contributed by atoms with Crippen LogP contribution in [0.25, 0.3) is 11.4 Å². The van der Waals surface area contributed by atoms with E-state index in [2.05, 4.69) is 30.2 Å². The van der Waals surface area contributed by atoms with E-state index in [0.29, 0.717) is 18.3 Å². The molecule has 1 saturated heterocycles. The lowest BCUT2D eigenvalue weighted by Gasteiger charge is -2.31. The van der Waals surface area contributed by atoms with Crippen LogP contribution in [0.1, 0.15) is 38.6 Å². The van der Waals surface area contributed by atoms with Gasteiger partial charge < -0.3 is 19.3 Å². The number of amides is 1. The van der Waals surface area contributed by atoms with Crippen molar-refractivity contribution in [1.29, 1.82) is 0 Å². The highest BCUT2D eigenvalue weighted by Gasteiger charge is 2.54. The number of cyclic esters (lactones) is 1. The minimum absolute atomic E-state index is 0.0389. The highest BCUT2D eigenvalue weighted by atomic mass is 35.5. The first kappa shape index (κ1) is 24.1. The number of benzene rings is 1. The number of alkyl halides is 3. The van der Waals surface area contributed by atoms with Gasteiger partial charge in [-0.25, -0.2) is 9.78 Å². The molecule has 1 N–H and O–H groups in total. The average molecular weight is 525 g/mol. The smallest absolute Gasteiger partial charge is 0.447 e. The van der Waals surface area contributed by atoms with Crippen molar-refractivity contribution >= 4 is 29.5 Å². The molecule has 2 fully saturated rings. The Bertz CT molecular complexity index is 1300. The van der Waals surface area contributed by atoms with E-state index in [1.165, 1.54) is 18.3 Å². The summed E-state index contributed by atoms with van der Waals surface area (Å²) in [4.78, 5) is 26.9. The summed E-state index contributed by atoms with van der Waals surface area (Å²) in [6, 6.07) is 4.82. The maximum Gasteiger partial charge on any atom is 0.573 e. The van der Waals surface area contributed by atoms with E-state index < -0.39 is 29.8 Å². The summed E-state index contributed by atoms with van der Waals surface area (Å²) in [5.74, 6) is 0.558. The summed E-state index contributed by atoms with van der Waals surface area (Å²) in [7, 11) is 0. The standard InChI is InChI=1S/C22H20ClF3N6O4/c1-11(18-30-17(31-36-18)12-3-6-14(23)15(9-12)35-22(24,25)26)28-19-27-8-7-16(29-19)32-20(33)34-10-21(32,2)13-4-5-13/h3,6-9,11,13H,4-5,10H2,1-2H3,(H,27,28,29)/t11-,21-/m1/s1. The molecule has 0 unspecified atom stereocenters. The fraction of sp³-hybridized carbons (Fsp3) is 0.409. The number of rotatable bonds is 7. The minimum atomic E-state index is -4.90. The van der Waals surface area contributed by atoms with Gasteiger partial charge in [0.05, 0.1) is 10.6 Å². The molecule has 0 spiro atoms. The van der Waals surface area contributed by atoms with E-state index in [1.54, 1.807) is 17.9 Å². The molecule has 36 heavy (non-hydrogen) atoms. The van der Waals surface area contributed by atoms with E-state index in [4.69, 9.17) is 20.9 Å². The molecule has 1 aromatic carbocycles. The molecule has 1 aliphatic heterocycles. The Kier molecular flexibility index (Phi) is 5.89. The van der Waals surface area contributed by atoms with Gasteiger partial charge in [-0.1, -0.05) is 16.8 Å². The van der Waals surface area contributed by atoms with Crippen LogP contribution in [0.2, 0.25) is 5.02 Å².